The number of benzene rings is 3. The van der Waals surface area contributed by atoms with Crippen molar-refractivity contribution < 1.29 is 28.0 Å². The van der Waals surface area contributed by atoms with Crippen LogP contribution < -0.4 is 5.49 Å². The Balaban J connectivity index is 1.25. The van der Waals surface area contributed by atoms with Gasteiger partial charge in [0.2, 0.25) is 10.0 Å². The number of ether oxygens (including phenoxy) is 1. The second-order valence-corrected chi connectivity index (χ2v) is 13.5. The van der Waals surface area contributed by atoms with Crippen molar-refractivity contribution in [3.8, 4) is 11.1 Å². The summed E-state index contributed by atoms with van der Waals surface area (Å²) in [5.74, 6) is -0.201. The summed E-state index contributed by atoms with van der Waals surface area (Å²) >= 11 is 6.05. The predicted molar refractivity (Wildman–Crippen MR) is 162 cm³/mol. The van der Waals surface area contributed by atoms with Gasteiger partial charge in [-0.25, -0.2) is 13.2 Å². The van der Waals surface area contributed by atoms with Gasteiger partial charge in [-0.15, -0.1) is 0 Å². The fraction of sp³-hybridized carbons (Fsp3) is 0.258. The highest BCUT2D eigenvalue weighted by Crippen LogP contribution is 2.26. The molecular weight excluding hydrogens is 592 g/mol. The zero-order valence-electron chi connectivity index (χ0n) is 23.9. The Morgan fingerprint density at radius 3 is 2.19 bits per heavy atom. The lowest BCUT2D eigenvalue weighted by Gasteiger charge is -2.34. The number of rotatable bonds is 4. The van der Waals surface area contributed by atoms with E-state index in [1.165, 1.54) is 16.6 Å². The molecule has 12 heteroatoms. The molecule has 5 rings (SSSR count). The number of sulfonamides is 1. The maximum atomic E-state index is 13.3. The van der Waals surface area contributed by atoms with Crippen LogP contribution >= 0.6 is 11.6 Å². The fourth-order valence-electron chi connectivity index (χ4n) is 4.75. The van der Waals surface area contributed by atoms with E-state index in [1.54, 1.807) is 92.4 Å². The zero-order chi connectivity index (χ0) is 30.9. The number of halogens is 1. The van der Waals surface area contributed by atoms with Crippen molar-refractivity contribution in [2.24, 2.45) is 4.99 Å². The highest BCUT2D eigenvalue weighted by Gasteiger charge is 2.30. The standard InChI is InChI=1S/C31H31ClN4O6S/c1-31(2,3)42-30(38)33-28-20-25(12-13-36(28)39)21-4-6-22(7-5-21)29(37)34-14-16-35(17-15-34)43(40,41)27-11-9-23-18-26(32)10-8-24(23)19-27/h4-13,18-20,39H,14-17H2,1-3H3. The number of hydrogen-bond donors (Lipinski definition) is 1. The van der Waals surface area contributed by atoms with Crippen molar-refractivity contribution >= 4 is 44.4 Å². The lowest BCUT2D eigenvalue weighted by atomic mass is 10.0. The number of carbonyl (C=O) groups excluding carboxylic acids is 2. The lowest BCUT2D eigenvalue weighted by molar-refractivity contribution is 0.0586. The number of aromatic nitrogens is 1. The quantitative estimate of drug-likeness (QED) is 0.313. The second-order valence-electron chi connectivity index (χ2n) is 11.1. The number of pyridine rings is 1. The van der Waals surface area contributed by atoms with E-state index in [0.29, 0.717) is 16.1 Å². The normalized spacial score (nSPS) is 15.1. The molecule has 0 bridgehead atoms. The number of fused-ring (bicyclic) bond motifs is 1. The zero-order valence-corrected chi connectivity index (χ0v) is 25.5. The van der Waals surface area contributed by atoms with E-state index in [2.05, 4.69) is 4.99 Å². The predicted octanol–water partition coefficient (Wildman–Crippen LogP) is 5.18. The molecule has 10 nitrogen and oxygen atoms in total. The molecule has 4 aromatic rings. The van der Waals surface area contributed by atoms with Crippen LogP contribution in [0.3, 0.4) is 0 Å². The first-order valence-electron chi connectivity index (χ1n) is 13.6. The van der Waals surface area contributed by atoms with E-state index in [4.69, 9.17) is 16.3 Å². The molecule has 1 fully saturated rings. The molecule has 3 aromatic carbocycles. The van der Waals surface area contributed by atoms with Gasteiger partial charge in [-0.05, 0) is 91.2 Å². The minimum absolute atomic E-state index is 0.00665. The molecule has 0 spiro atoms. The Hall–Kier alpha value is -4.19. The average Bonchev–Trinajstić information content (AvgIpc) is 2.97. The van der Waals surface area contributed by atoms with E-state index in [0.717, 1.165) is 21.1 Å². The molecular formula is C31H31ClN4O6S. The summed E-state index contributed by atoms with van der Waals surface area (Å²) in [5.41, 5.74) is 1.13. The van der Waals surface area contributed by atoms with E-state index >= 15 is 0 Å². The van der Waals surface area contributed by atoms with Gasteiger partial charge in [0, 0.05) is 43.0 Å². The summed E-state index contributed by atoms with van der Waals surface area (Å²) in [7, 11) is -3.73. The van der Waals surface area contributed by atoms with Gasteiger partial charge in [0.25, 0.3) is 5.91 Å². The second kappa shape index (κ2) is 11.8. The topological polar surface area (TPSA) is 122 Å². The summed E-state index contributed by atoms with van der Waals surface area (Å²) in [6.45, 7) is 6.04. The molecule has 0 saturated carbocycles. The van der Waals surface area contributed by atoms with Crippen LogP contribution in [0.2, 0.25) is 5.02 Å². The third kappa shape index (κ3) is 6.90. The molecule has 0 atom stereocenters. The summed E-state index contributed by atoms with van der Waals surface area (Å²) in [5, 5.41) is 12.3. The van der Waals surface area contributed by atoms with Gasteiger partial charge in [0.1, 0.15) is 5.60 Å². The largest absolute Gasteiger partial charge is 0.442 e. The Labute approximate surface area is 254 Å². The highest BCUT2D eigenvalue weighted by molar-refractivity contribution is 7.89. The molecule has 43 heavy (non-hydrogen) atoms. The van der Waals surface area contributed by atoms with Gasteiger partial charge in [-0.2, -0.15) is 14.0 Å². The van der Waals surface area contributed by atoms with Gasteiger partial charge >= 0.3 is 6.09 Å². The van der Waals surface area contributed by atoms with Crippen molar-refractivity contribution in [1.29, 1.82) is 0 Å². The van der Waals surface area contributed by atoms with Gasteiger partial charge < -0.3 is 14.8 Å². The molecule has 224 valence electrons. The summed E-state index contributed by atoms with van der Waals surface area (Å²) in [4.78, 5) is 31.0. The van der Waals surface area contributed by atoms with E-state index < -0.39 is 21.7 Å². The smallest absolute Gasteiger partial charge is 0.436 e. The minimum Gasteiger partial charge on any atom is -0.442 e. The first-order chi connectivity index (χ1) is 20.3. The maximum Gasteiger partial charge on any atom is 0.436 e. The van der Waals surface area contributed by atoms with Gasteiger partial charge in [-0.3, -0.25) is 4.79 Å². The summed E-state index contributed by atoms with van der Waals surface area (Å²) in [6.07, 6.45) is 0.530. The van der Waals surface area contributed by atoms with Crippen LogP contribution in [0.15, 0.2) is 88.9 Å². The van der Waals surface area contributed by atoms with Crippen LogP contribution in [0, 0.1) is 0 Å². The molecule has 2 heterocycles. The number of carbonyl (C=O) groups is 2. The van der Waals surface area contributed by atoms with Crippen molar-refractivity contribution in [3.63, 3.8) is 0 Å². The van der Waals surface area contributed by atoms with Crippen LogP contribution in [-0.4, -0.2) is 71.3 Å². The third-order valence-electron chi connectivity index (χ3n) is 6.92. The van der Waals surface area contributed by atoms with Crippen LogP contribution in [0.5, 0.6) is 0 Å². The first-order valence-corrected chi connectivity index (χ1v) is 15.4. The molecule has 1 aliphatic rings. The summed E-state index contributed by atoms with van der Waals surface area (Å²) < 4.78 is 34.0. The molecule has 1 aliphatic heterocycles. The maximum absolute atomic E-state index is 13.3. The molecule has 1 N–H and O–H groups in total. The average molecular weight is 623 g/mol. The molecule has 0 radical (unpaired) electrons. The van der Waals surface area contributed by atoms with Gasteiger partial charge in [0.15, 0.2) is 5.49 Å². The fourth-order valence-corrected chi connectivity index (χ4v) is 6.38. The van der Waals surface area contributed by atoms with Crippen LogP contribution in [-0.2, 0) is 14.8 Å². The SMILES string of the molecule is CC(C)(C)OC(=O)N=c1cc(-c2ccc(C(=O)N3CCN(S(=O)(=O)c4ccc5cc(Cl)ccc5c4)CC3)cc2)ccn1O. The third-order valence-corrected chi connectivity index (χ3v) is 9.05. The van der Waals surface area contributed by atoms with Crippen molar-refractivity contribution in [3.05, 3.63) is 95.1 Å². The number of piperazine rings is 1. The Kier molecular flexibility index (Phi) is 8.33. The van der Waals surface area contributed by atoms with Crippen molar-refractivity contribution in [1.82, 2.24) is 13.9 Å². The number of nitrogens with zero attached hydrogens (tertiary/aromatic N) is 4. The molecule has 1 aromatic heterocycles. The summed E-state index contributed by atoms with van der Waals surface area (Å²) in [6, 6.07) is 20.3. The Bertz CT molecular complexity index is 1870. The van der Waals surface area contributed by atoms with Gasteiger partial charge in [0.05, 0.1) is 4.90 Å². The van der Waals surface area contributed by atoms with Crippen LogP contribution in [0.25, 0.3) is 21.9 Å². The van der Waals surface area contributed by atoms with Crippen LogP contribution in [0.1, 0.15) is 31.1 Å². The van der Waals surface area contributed by atoms with Gasteiger partial charge in [-0.1, -0.05) is 35.9 Å². The van der Waals surface area contributed by atoms with Crippen LogP contribution in [0.4, 0.5) is 4.79 Å². The van der Waals surface area contributed by atoms with E-state index in [1.807, 2.05) is 0 Å². The first kappa shape index (κ1) is 30.3. The highest BCUT2D eigenvalue weighted by atomic mass is 35.5. The van der Waals surface area contributed by atoms with E-state index in [9.17, 15) is 23.2 Å². The Morgan fingerprint density at radius 2 is 1.51 bits per heavy atom. The van der Waals surface area contributed by atoms with E-state index in [-0.39, 0.29) is 42.5 Å². The van der Waals surface area contributed by atoms with Crippen molar-refractivity contribution in [2.75, 3.05) is 26.2 Å². The molecule has 0 aliphatic carbocycles. The van der Waals surface area contributed by atoms with Crippen molar-refractivity contribution in [2.45, 2.75) is 31.3 Å². The monoisotopic (exact) mass is 622 g/mol. The number of amides is 2. The minimum atomic E-state index is -3.73. The molecule has 1 saturated heterocycles. The molecule has 0 unspecified atom stereocenters. The number of hydrogen-bond acceptors (Lipinski definition) is 6. The molecule has 2 amide bonds. The Morgan fingerprint density at radius 1 is 0.860 bits per heavy atom. The lowest BCUT2D eigenvalue weighted by Crippen LogP contribution is -2.50.